The van der Waals surface area contributed by atoms with Gasteiger partial charge in [0.05, 0.1) is 24.9 Å². The van der Waals surface area contributed by atoms with E-state index in [2.05, 4.69) is 15.5 Å². The number of piperidine rings is 1. The lowest BCUT2D eigenvalue weighted by atomic mass is 9.97. The zero-order chi connectivity index (χ0) is 16.4. The zero-order valence-corrected chi connectivity index (χ0v) is 13.6. The van der Waals surface area contributed by atoms with Crippen LogP contribution in [0.2, 0.25) is 0 Å². The molecule has 0 radical (unpaired) electrons. The van der Waals surface area contributed by atoms with E-state index in [1.165, 1.54) is 0 Å². The van der Waals surface area contributed by atoms with E-state index >= 15 is 0 Å². The van der Waals surface area contributed by atoms with Crippen molar-refractivity contribution in [2.45, 2.75) is 37.8 Å². The van der Waals surface area contributed by atoms with Gasteiger partial charge in [-0.15, -0.1) is 0 Å². The van der Waals surface area contributed by atoms with Crippen LogP contribution in [0.5, 0.6) is 5.75 Å². The number of H-pyrrole nitrogens is 1. The van der Waals surface area contributed by atoms with E-state index in [0.717, 1.165) is 49.1 Å². The van der Waals surface area contributed by atoms with Gasteiger partial charge in [0.15, 0.2) is 0 Å². The van der Waals surface area contributed by atoms with Crippen molar-refractivity contribution in [1.29, 1.82) is 0 Å². The molecule has 0 bridgehead atoms. The molecule has 2 amide bonds. The number of urea groups is 1. The molecule has 1 saturated heterocycles. The Labute approximate surface area is 141 Å². The number of aromatic nitrogens is 2. The molecule has 126 valence electrons. The lowest BCUT2D eigenvalue weighted by Gasteiger charge is -2.37. The summed E-state index contributed by atoms with van der Waals surface area (Å²) in [6.45, 7) is 1.42. The number of ether oxygens (including phenoxy) is 1. The summed E-state index contributed by atoms with van der Waals surface area (Å²) in [5, 5.41) is 10.1. The van der Waals surface area contributed by atoms with E-state index in [9.17, 15) is 4.79 Å². The van der Waals surface area contributed by atoms with Crippen LogP contribution in [0.25, 0.3) is 0 Å². The SMILES string of the molecule is O=C(N[C@@H]1CCOc2ccccc21)N1CCCC[C@H]1c1cn[nH]c1. The first-order valence-electron chi connectivity index (χ1n) is 8.60. The van der Waals surface area contributed by atoms with Crippen LogP contribution in [0.1, 0.15) is 48.9 Å². The number of fused-ring (bicyclic) bond motifs is 1. The van der Waals surface area contributed by atoms with Crippen LogP contribution in [0.4, 0.5) is 4.79 Å². The van der Waals surface area contributed by atoms with Crippen LogP contribution in [-0.2, 0) is 0 Å². The molecule has 3 heterocycles. The van der Waals surface area contributed by atoms with Crippen molar-refractivity contribution in [3.05, 3.63) is 47.8 Å². The van der Waals surface area contributed by atoms with Crippen LogP contribution in [-0.4, -0.2) is 34.3 Å². The summed E-state index contributed by atoms with van der Waals surface area (Å²) in [6.07, 6.45) is 7.68. The second-order valence-electron chi connectivity index (χ2n) is 6.41. The molecule has 1 fully saturated rings. The van der Waals surface area contributed by atoms with E-state index in [-0.39, 0.29) is 18.1 Å². The fourth-order valence-electron chi connectivity index (χ4n) is 3.69. The van der Waals surface area contributed by atoms with Gasteiger partial charge in [-0.25, -0.2) is 4.79 Å². The summed E-state index contributed by atoms with van der Waals surface area (Å²) in [6, 6.07) is 8.06. The number of benzene rings is 1. The van der Waals surface area contributed by atoms with E-state index < -0.39 is 0 Å². The van der Waals surface area contributed by atoms with Crippen LogP contribution < -0.4 is 10.1 Å². The number of amides is 2. The molecule has 2 aliphatic heterocycles. The third-order valence-corrected chi connectivity index (χ3v) is 4.92. The third kappa shape index (κ3) is 2.84. The Morgan fingerprint density at radius 3 is 3.08 bits per heavy atom. The molecule has 0 saturated carbocycles. The first-order chi connectivity index (χ1) is 11.8. The zero-order valence-electron chi connectivity index (χ0n) is 13.6. The van der Waals surface area contributed by atoms with E-state index in [0.29, 0.717) is 6.61 Å². The summed E-state index contributed by atoms with van der Waals surface area (Å²) < 4.78 is 5.68. The highest BCUT2D eigenvalue weighted by Crippen LogP contribution is 2.34. The number of nitrogens with one attached hydrogen (secondary N) is 2. The third-order valence-electron chi connectivity index (χ3n) is 4.92. The van der Waals surface area contributed by atoms with Crippen LogP contribution in [0.3, 0.4) is 0 Å². The minimum absolute atomic E-state index is 0.00241. The van der Waals surface area contributed by atoms with Crippen LogP contribution >= 0.6 is 0 Å². The van der Waals surface area contributed by atoms with Gasteiger partial charge in [0.2, 0.25) is 0 Å². The van der Waals surface area contributed by atoms with Gasteiger partial charge in [0.1, 0.15) is 5.75 Å². The summed E-state index contributed by atoms with van der Waals surface area (Å²) >= 11 is 0. The molecule has 4 rings (SSSR count). The van der Waals surface area contributed by atoms with Crippen molar-refractivity contribution in [3.8, 4) is 5.75 Å². The predicted molar refractivity (Wildman–Crippen MR) is 89.7 cm³/mol. The largest absolute Gasteiger partial charge is 0.493 e. The highest BCUT2D eigenvalue weighted by Gasteiger charge is 2.31. The Bertz CT molecular complexity index is 701. The van der Waals surface area contributed by atoms with Gasteiger partial charge in [-0.3, -0.25) is 5.10 Å². The Morgan fingerprint density at radius 2 is 2.21 bits per heavy atom. The Kier molecular flexibility index (Phi) is 4.11. The van der Waals surface area contributed by atoms with Crippen molar-refractivity contribution in [2.75, 3.05) is 13.2 Å². The van der Waals surface area contributed by atoms with Gasteiger partial charge in [-0.2, -0.15) is 5.10 Å². The number of para-hydroxylation sites is 1. The molecular weight excluding hydrogens is 304 g/mol. The maximum Gasteiger partial charge on any atom is 0.318 e. The number of hydrogen-bond donors (Lipinski definition) is 2. The Balaban J connectivity index is 1.51. The average molecular weight is 326 g/mol. The number of aromatic amines is 1. The normalized spacial score (nSPS) is 23.2. The second kappa shape index (κ2) is 6.55. The van der Waals surface area contributed by atoms with Gasteiger partial charge < -0.3 is 15.0 Å². The number of hydrogen-bond acceptors (Lipinski definition) is 3. The summed E-state index contributed by atoms with van der Waals surface area (Å²) in [7, 11) is 0. The summed E-state index contributed by atoms with van der Waals surface area (Å²) in [5.41, 5.74) is 2.14. The van der Waals surface area contributed by atoms with Gasteiger partial charge in [-0.05, 0) is 25.3 Å². The minimum atomic E-state index is 0.00241. The molecule has 0 aliphatic carbocycles. The first kappa shape index (κ1) is 15.1. The molecule has 0 spiro atoms. The lowest BCUT2D eigenvalue weighted by molar-refractivity contribution is 0.144. The highest BCUT2D eigenvalue weighted by molar-refractivity contribution is 5.75. The van der Waals surface area contributed by atoms with Crippen molar-refractivity contribution >= 4 is 6.03 Å². The molecule has 6 nitrogen and oxygen atoms in total. The molecule has 24 heavy (non-hydrogen) atoms. The monoisotopic (exact) mass is 326 g/mol. The highest BCUT2D eigenvalue weighted by atomic mass is 16.5. The standard InChI is InChI=1S/C18H22N4O2/c23-18(21-15-8-10-24-17-7-2-1-5-14(15)17)22-9-4-3-6-16(22)13-11-19-20-12-13/h1-2,5,7,11-12,15-16H,3-4,6,8-10H2,(H,19,20)(H,21,23)/t15-,16+/m1/s1. The average Bonchev–Trinajstić information content (AvgIpc) is 3.16. The van der Waals surface area contributed by atoms with Gasteiger partial charge in [0, 0.05) is 30.3 Å². The second-order valence-corrected chi connectivity index (χ2v) is 6.41. The maximum absolute atomic E-state index is 12.9. The molecule has 0 unspecified atom stereocenters. The van der Waals surface area contributed by atoms with Crippen molar-refractivity contribution in [1.82, 2.24) is 20.4 Å². The molecule has 2 aromatic rings. The fraction of sp³-hybridized carbons (Fsp3) is 0.444. The molecule has 1 aromatic carbocycles. The van der Waals surface area contributed by atoms with E-state index in [4.69, 9.17) is 4.74 Å². The molecular formula is C18H22N4O2. The maximum atomic E-state index is 12.9. The number of carbonyl (C=O) groups excluding carboxylic acids is 1. The van der Waals surface area contributed by atoms with Gasteiger partial charge in [0.25, 0.3) is 0 Å². The van der Waals surface area contributed by atoms with Crippen molar-refractivity contribution < 1.29 is 9.53 Å². The van der Waals surface area contributed by atoms with E-state index in [1.54, 1.807) is 0 Å². The van der Waals surface area contributed by atoms with Gasteiger partial charge in [-0.1, -0.05) is 18.2 Å². The molecule has 6 heteroatoms. The predicted octanol–water partition coefficient (Wildman–Crippen LogP) is 3.17. The minimum Gasteiger partial charge on any atom is -0.493 e. The Morgan fingerprint density at radius 1 is 1.29 bits per heavy atom. The van der Waals surface area contributed by atoms with Gasteiger partial charge >= 0.3 is 6.03 Å². The van der Waals surface area contributed by atoms with Crippen LogP contribution in [0.15, 0.2) is 36.7 Å². The van der Waals surface area contributed by atoms with Crippen molar-refractivity contribution in [2.24, 2.45) is 0 Å². The quantitative estimate of drug-likeness (QED) is 0.890. The number of rotatable bonds is 2. The molecule has 2 aliphatic rings. The Hall–Kier alpha value is -2.50. The smallest absolute Gasteiger partial charge is 0.318 e. The van der Waals surface area contributed by atoms with Crippen molar-refractivity contribution in [3.63, 3.8) is 0 Å². The van der Waals surface area contributed by atoms with Crippen LogP contribution in [0, 0.1) is 0 Å². The molecule has 2 N–H and O–H groups in total. The summed E-state index contributed by atoms with van der Waals surface area (Å²) in [5.74, 6) is 0.874. The van der Waals surface area contributed by atoms with E-state index in [1.807, 2.05) is 41.6 Å². The number of carbonyl (C=O) groups is 1. The molecule has 2 atom stereocenters. The fourth-order valence-corrected chi connectivity index (χ4v) is 3.69. The topological polar surface area (TPSA) is 70.2 Å². The number of nitrogens with zero attached hydrogens (tertiary/aromatic N) is 2. The lowest BCUT2D eigenvalue weighted by Crippen LogP contribution is -2.46. The number of likely N-dealkylation sites (tertiary alicyclic amines) is 1. The summed E-state index contributed by atoms with van der Waals surface area (Å²) in [4.78, 5) is 14.9. The first-order valence-corrected chi connectivity index (χ1v) is 8.60. The molecule has 1 aromatic heterocycles.